The van der Waals surface area contributed by atoms with Gasteiger partial charge in [0.25, 0.3) is 0 Å². The molecule has 0 spiro atoms. The average Bonchev–Trinajstić information content (AvgIpc) is 2.72. The third-order valence-corrected chi connectivity index (χ3v) is 4.27. The van der Waals surface area contributed by atoms with Crippen LogP contribution >= 0.6 is 0 Å². The first kappa shape index (κ1) is 14.4. The second-order valence-electron chi connectivity index (χ2n) is 5.90. The number of hydrogen-bond acceptors (Lipinski definition) is 4. The van der Waals surface area contributed by atoms with Crippen LogP contribution in [0.4, 0.5) is 14.5 Å². The lowest BCUT2D eigenvalue weighted by atomic mass is 9.90. The molecule has 1 N–H and O–H groups in total. The number of piperidine rings is 1. The number of alkyl halides is 2. The molecule has 1 fully saturated rings. The number of halogens is 2. The van der Waals surface area contributed by atoms with E-state index in [0.717, 1.165) is 31.6 Å². The highest BCUT2D eigenvalue weighted by molar-refractivity contribution is 5.56. The smallest absolute Gasteiger partial charge is 0.395 e. The summed E-state index contributed by atoms with van der Waals surface area (Å²) >= 11 is 0. The van der Waals surface area contributed by atoms with Gasteiger partial charge in [-0.3, -0.25) is 0 Å². The van der Waals surface area contributed by atoms with Gasteiger partial charge in [-0.25, -0.2) is 0 Å². The Balaban J connectivity index is 1.64. The van der Waals surface area contributed by atoms with E-state index in [0.29, 0.717) is 12.0 Å². The van der Waals surface area contributed by atoms with Crippen LogP contribution in [0.1, 0.15) is 19.8 Å². The number of rotatable bonds is 3. The first-order valence-electron chi connectivity index (χ1n) is 7.28. The van der Waals surface area contributed by atoms with Gasteiger partial charge in [-0.05, 0) is 58.0 Å². The molecule has 116 valence electrons. The molecule has 1 aromatic rings. The summed E-state index contributed by atoms with van der Waals surface area (Å²) in [6.45, 7) is 4.34. The van der Waals surface area contributed by atoms with Gasteiger partial charge >= 0.3 is 6.29 Å². The molecular weight excluding hydrogens is 278 g/mol. The standard InChI is InChI=1S/C15H20F2N2O2/c1-10(11-5-7-19(2)8-6-11)18-12-3-4-13-14(9-12)21-15(16,17)20-13/h3-4,9-11,18H,5-8H2,1-2H3. The quantitative estimate of drug-likeness (QED) is 0.929. The molecule has 0 aromatic heterocycles. The zero-order chi connectivity index (χ0) is 15.0. The summed E-state index contributed by atoms with van der Waals surface area (Å²) in [7, 11) is 2.13. The van der Waals surface area contributed by atoms with Crippen molar-refractivity contribution >= 4 is 5.69 Å². The summed E-state index contributed by atoms with van der Waals surface area (Å²) in [5.74, 6) is 0.756. The van der Waals surface area contributed by atoms with Gasteiger partial charge < -0.3 is 19.7 Å². The Labute approximate surface area is 123 Å². The van der Waals surface area contributed by atoms with Crippen LogP contribution in [0.5, 0.6) is 11.5 Å². The fourth-order valence-electron chi connectivity index (χ4n) is 2.95. The van der Waals surface area contributed by atoms with Crippen molar-refractivity contribution in [3.63, 3.8) is 0 Å². The number of benzene rings is 1. The lowest BCUT2D eigenvalue weighted by Gasteiger charge is -2.33. The normalized spacial score (nSPS) is 23.0. The van der Waals surface area contributed by atoms with Gasteiger partial charge in [-0.15, -0.1) is 8.78 Å². The summed E-state index contributed by atoms with van der Waals surface area (Å²) < 4.78 is 34.8. The van der Waals surface area contributed by atoms with E-state index in [9.17, 15) is 8.78 Å². The van der Waals surface area contributed by atoms with Crippen LogP contribution in [0.2, 0.25) is 0 Å². The third kappa shape index (κ3) is 3.20. The molecule has 21 heavy (non-hydrogen) atoms. The van der Waals surface area contributed by atoms with Crippen molar-refractivity contribution in [3.05, 3.63) is 18.2 Å². The lowest BCUT2D eigenvalue weighted by molar-refractivity contribution is -0.286. The van der Waals surface area contributed by atoms with E-state index in [1.807, 2.05) is 0 Å². The number of hydrogen-bond donors (Lipinski definition) is 1. The molecule has 6 heteroatoms. The Kier molecular flexibility index (Phi) is 3.65. The molecular formula is C15H20F2N2O2. The van der Waals surface area contributed by atoms with E-state index < -0.39 is 6.29 Å². The van der Waals surface area contributed by atoms with E-state index in [4.69, 9.17) is 0 Å². The molecule has 3 rings (SSSR count). The maximum absolute atomic E-state index is 13.0. The molecule has 0 bridgehead atoms. The van der Waals surface area contributed by atoms with Gasteiger partial charge in [0.2, 0.25) is 0 Å². The Morgan fingerprint density at radius 1 is 1.24 bits per heavy atom. The van der Waals surface area contributed by atoms with Crippen molar-refractivity contribution in [2.24, 2.45) is 5.92 Å². The Morgan fingerprint density at radius 3 is 2.62 bits per heavy atom. The van der Waals surface area contributed by atoms with Crippen LogP contribution < -0.4 is 14.8 Å². The Bertz CT molecular complexity index is 516. The highest BCUT2D eigenvalue weighted by Crippen LogP contribution is 2.42. The first-order chi connectivity index (χ1) is 9.93. The van der Waals surface area contributed by atoms with Gasteiger partial charge in [0.1, 0.15) is 0 Å². The molecule has 2 aliphatic rings. The van der Waals surface area contributed by atoms with Crippen molar-refractivity contribution in [2.45, 2.75) is 32.1 Å². The Hall–Kier alpha value is -1.56. The fraction of sp³-hybridized carbons (Fsp3) is 0.600. The van der Waals surface area contributed by atoms with Crippen LogP contribution in [-0.4, -0.2) is 37.4 Å². The van der Waals surface area contributed by atoms with Gasteiger partial charge in [0.15, 0.2) is 11.5 Å². The number of ether oxygens (including phenoxy) is 2. The number of anilines is 1. The second kappa shape index (κ2) is 5.33. The van der Waals surface area contributed by atoms with E-state index >= 15 is 0 Å². The summed E-state index contributed by atoms with van der Waals surface area (Å²) in [5, 5.41) is 3.38. The molecule has 0 aliphatic carbocycles. The van der Waals surface area contributed by atoms with Gasteiger partial charge in [0, 0.05) is 17.8 Å². The highest BCUT2D eigenvalue weighted by atomic mass is 19.3. The molecule has 1 unspecified atom stereocenters. The summed E-state index contributed by atoms with van der Waals surface area (Å²) in [4.78, 5) is 2.33. The average molecular weight is 298 g/mol. The Morgan fingerprint density at radius 2 is 1.90 bits per heavy atom. The van der Waals surface area contributed by atoms with E-state index in [2.05, 4.69) is 33.7 Å². The predicted molar refractivity (Wildman–Crippen MR) is 76.0 cm³/mol. The molecule has 1 atom stereocenters. The zero-order valence-corrected chi connectivity index (χ0v) is 12.2. The SMILES string of the molecule is CC(Nc1ccc2c(c1)OC(F)(F)O2)C1CCN(C)CC1. The van der Waals surface area contributed by atoms with Crippen molar-refractivity contribution < 1.29 is 18.3 Å². The molecule has 4 nitrogen and oxygen atoms in total. The van der Waals surface area contributed by atoms with Crippen LogP contribution in [0.15, 0.2) is 18.2 Å². The van der Waals surface area contributed by atoms with Gasteiger partial charge in [0.05, 0.1) is 0 Å². The van der Waals surface area contributed by atoms with E-state index in [1.54, 1.807) is 12.1 Å². The number of nitrogens with zero attached hydrogens (tertiary/aromatic N) is 1. The summed E-state index contributed by atoms with van der Waals surface area (Å²) in [6, 6.07) is 5.12. The van der Waals surface area contributed by atoms with E-state index in [-0.39, 0.29) is 11.5 Å². The highest BCUT2D eigenvalue weighted by Gasteiger charge is 2.43. The fourth-order valence-corrected chi connectivity index (χ4v) is 2.95. The van der Waals surface area contributed by atoms with Gasteiger partial charge in [-0.1, -0.05) is 0 Å². The maximum Gasteiger partial charge on any atom is 0.586 e. The lowest BCUT2D eigenvalue weighted by Crippen LogP contribution is -2.37. The van der Waals surface area contributed by atoms with Crippen LogP contribution in [0, 0.1) is 5.92 Å². The monoisotopic (exact) mass is 298 g/mol. The largest absolute Gasteiger partial charge is 0.586 e. The van der Waals surface area contributed by atoms with Gasteiger partial charge in [-0.2, -0.15) is 0 Å². The van der Waals surface area contributed by atoms with Crippen molar-refractivity contribution in [3.8, 4) is 11.5 Å². The molecule has 1 saturated heterocycles. The third-order valence-electron chi connectivity index (χ3n) is 4.27. The molecule has 0 amide bonds. The van der Waals surface area contributed by atoms with E-state index in [1.165, 1.54) is 6.07 Å². The van der Waals surface area contributed by atoms with Crippen LogP contribution in [-0.2, 0) is 0 Å². The number of fused-ring (bicyclic) bond motifs is 1. The molecule has 2 heterocycles. The number of likely N-dealkylation sites (tertiary alicyclic amines) is 1. The van der Waals surface area contributed by atoms with Crippen LogP contribution in [0.25, 0.3) is 0 Å². The minimum absolute atomic E-state index is 0.0810. The predicted octanol–water partition coefficient (Wildman–Crippen LogP) is 3.15. The van der Waals surface area contributed by atoms with Crippen molar-refractivity contribution in [1.29, 1.82) is 0 Å². The molecule has 1 aromatic carbocycles. The van der Waals surface area contributed by atoms with Crippen molar-refractivity contribution in [2.75, 3.05) is 25.5 Å². The topological polar surface area (TPSA) is 33.7 Å². The summed E-state index contributed by atoms with van der Waals surface area (Å²) in [6.07, 6.45) is -1.26. The van der Waals surface area contributed by atoms with Crippen LogP contribution in [0.3, 0.4) is 0 Å². The van der Waals surface area contributed by atoms with Crippen molar-refractivity contribution in [1.82, 2.24) is 4.90 Å². The molecule has 0 radical (unpaired) electrons. The zero-order valence-electron chi connectivity index (χ0n) is 12.2. The summed E-state index contributed by atoms with van der Waals surface area (Å²) in [5.41, 5.74) is 0.779. The number of nitrogens with one attached hydrogen (secondary N) is 1. The molecule has 0 saturated carbocycles. The minimum atomic E-state index is -3.56. The maximum atomic E-state index is 13.0. The first-order valence-corrected chi connectivity index (χ1v) is 7.28. The molecule has 2 aliphatic heterocycles. The second-order valence-corrected chi connectivity index (χ2v) is 5.90. The minimum Gasteiger partial charge on any atom is -0.395 e.